The standard InChI is InChI=1S/C13H20FNO3/c1-10(15)13-11(14)4-3-5-12(13)18-9-8-17-7-6-16-2/h3-5,10H,6-9,15H2,1-2H3/t10-/m0/s1. The first-order chi connectivity index (χ1) is 8.66. The molecule has 4 nitrogen and oxygen atoms in total. The number of halogens is 1. The maximum Gasteiger partial charge on any atom is 0.131 e. The molecule has 102 valence electrons. The summed E-state index contributed by atoms with van der Waals surface area (Å²) in [6.07, 6.45) is 0. The fourth-order valence-corrected chi connectivity index (χ4v) is 1.54. The molecule has 0 saturated carbocycles. The van der Waals surface area contributed by atoms with E-state index in [0.717, 1.165) is 0 Å². The highest BCUT2D eigenvalue weighted by Gasteiger charge is 2.13. The maximum atomic E-state index is 13.6. The number of rotatable bonds is 8. The van der Waals surface area contributed by atoms with Gasteiger partial charge in [-0.05, 0) is 19.1 Å². The molecule has 0 spiro atoms. The van der Waals surface area contributed by atoms with Crippen LogP contribution >= 0.6 is 0 Å². The second-order valence-electron chi connectivity index (χ2n) is 3.89. The molecule has 0 aromatic heterocycles. The van der Waals surface area contributed by atoms with Crippen LogP contribution < -0.4 is 10.5 Å². The van der Waals surface area contributed by atoms with Crippen LogP contribution in [-0.2, 0) is 9.47 Å². The molecule has 2 N–H and O–H groups in total. The van der Waals surface area contributed by atoms with E-state index in [0.29, 0.717) is 37.7 Å². The van der Waals surface area contributed by atoms with Gasteiger partial charge in [0.05, 0.1) is 19.8 Å². The molecule has 1 rings (SSSR count). The van der Waals surface area contributed by atoms with Gasteiger partial charge in [-0.3, -0.25) is 0 Å². The van der Waals surface area contributed by atoms with Crippen LogP contribution in [0.3, 0.4) is 0 Å². The largest absolute Gasteiger partial charge is 0.491 e. The fourth-order valence-electron chi connectivity index (χ4n) is 1.54. The number of benzene rings is 1. The van der Waals surface area contributed by atoms with Crippen LogP contribution in [0.5, 0.6) is 5.75 Å². The summed E-state index contributed by atoms with van der Waals surface area (Å²) in [6, 6.07) is 4.27. The van der Waals surface area contributed by atoms with E-state index in [4.69, 9.17) is 19.9 Å². The lowest BCUT2D eigenvalue weighted by Crippen LogP contribution is -2.14. The van der Waals surface area contributed by atoms with Gasteiger partial charge in [0.15, 0.2) is 0 Å². The Kier molecular flexibility index (Phi) is 6.64. The van der Waals surface area contributed by atoms with Crippen molar-refractivity contribution >= 4 is 0 Å². The van der Waals surface area contributed by atoms with Crippen LogP contribution in [0.4, 0.5) is 4.39 Å². The Morgan fingerprint density at radius 2 is 1.94 bits per heavy atom. The predicted molar refractivity (Wildman–Crippen MR) is 67.2 cm³/mol. The SMILES string of the molecule is COCCOCCOc1cccc(F)c1[C@H](C)N. The Morgan fingerprint density at radius 1 is 1.22 bits per heavy atom. The fraction of sp³-hybridized carbons (Fsp3) is 0.538. The van der Waals surface area contributed by atoms with Crippen molar-refractivity contribution in [2.75, 3.05) is 33.5 Å². The van der Waals surface area contributed by atoms with E-state index in [1.165, 1.54) is 6.07 Å². The second kappa shape index (κ2) is 8.02. The minimum atomic E-state index is -0.407. The van der Waals surface area contributed by atoms with E-state index in [9.17, 15) is 4.39 Å². The van der Waals surface area contributed by atoms with Crippen LogP contribution in [0.2, 0.25) is 0 Å². The molecule has 0 amide bonds. The summed E-state index contributed by atoms with van der Waals surface area (Å²) in [4.78, 5) is 0. The first kappa shape index (κ1) is 14.9. The van der Waals surface area contributed by atoms with Crippen molar-refractivity contribution in [2.24, 2.45) is 5.73 Å². The number of ether oxygens (including phenoxy) is 3. The first-order valence-electron chi connectivity index (χ1n) is 5.90. The van der Waals surface area contributed by atoms with Crippen molar-refractivity contribution in [3.63, 3.8) is 0 Å². The van der Waals surface area contributed by atoms with Crippen molar-refractivity contribution in [1.82, 2.24) is 0 Å². The summed E-state index contributed by atoms with van der Waals surface area (Å²) in [5.74, 6) is 0.128. The topological polar surface area (TPSA) is 53.7 Å². The van der Waals surface area contributed by atoms with Gasteiger partial charge in [-0.1, -0.05) is 6.07 Å². The monoisotopic (exact) mass is 257 g/mol. The van der Waals surface area contributed by atoms with Gasteiger partial charge in [0, 0.05) is 18.7 Å². The minimum Gasteiger partial charge on any atom is -0.491 e. The Bertz CT molecular complexity index is 358. The third kappa shape index (κ3) is 4.60. The quantitative estimate of drug-likeness (QED) is 0.722. The highest BCUT2D eigenvalue weighted by Crippen LogP contribution is 2.26. The molecule has 0 radical (unpaired) electrons. The summed E-state index contributed by atoms with van der Waals surface area (Å²) >= 11 is 0. The molecule has 0 heterocycles. The van der Waals surface area contributed by atoms with Crippen molar-refractivity contribution in [2.45, 2.75) is 13.0 Å². The Labute approximate surface area is 107 Å². The number of nitrogens with two attached hydrogens (primary N) is 1. The Balaban J connectivity index is 2.44. The zero-order chi connectivity index (χ0) is 13.4. The molecule has 0 saturated heterocycles. The lowest BCUT2D eigenvalue weighted by Gasteiger charge is -2.14. The highest BCUT2D eigenvalue weighted by atomic mass is 19.1. The Hall–Kier alpha value is -1.17. The molecule has 0 fully saturated rings. The van der Waals surface area contributed by atoms with Gasteiger partial charge < -0.3 is 19.9 Å². The number of methoxy groups -OCH3 is 1. The molecule has 5 heteroatoms. The van der Waals surface area contributed by atoms with Gasteiger partial charge in [0.2, 0.25) is 0 Å². The van der Waals surface area contributed by atoms with Crippen LogP contribution in [0, 0.1) is 5.82 Å². The molecule has 1 atom stereocenters. The van der Waals surface area contributed by atoms with Crippen molar-refractivity contribution in [3.8, 4) is 5.75 Å². The minimum absolute atomic E-state index is 0.345. The van der Waals surface area contributed by atoms with E-state index in [1.54, 1.807) is 26.2 Å². The molecular weight excluding hydrogens is 237 g/mol. The molecule has 0 unspecified atom stereocenters. The van der Waals surface area contributed by atoms with Crippen molar-refractivity contribution in [1.29, 1.82) is 0 Å². The first-order valence-corrected chi connectivity index (χ1v) is 5.90. The summed E-state index contributed by atoms with van der Waals surface area (Å²) < 4.78 is 29.1. The van der Waals surface area contributed by atoms with Crippen LogP contribution in [0.1, 0.15) is 18.5 Å². The summed E-state index contributed by atoms with van der Waals surface area (Å²) in [7, 11) is 1.61. The molecule has 0 aliphatic carbocycles. The van der Waals surface area contributed by atoms with Gasteiger partial charge in [0.25, 0.3) is 0 Å². The number of hydrogen-bond donors (Lipinski definition) is 1. The highest BCUT2D eigenvalue weighted by molar-refractivity contribution is 5.36. The summed E-state index contributed by atoms with van der Waals surface area (Å²) in [5, 5.41) is 0. The number of hydrogen-bond acceptors (Lipinski definition) is 4. The van der Waals surface area contributed by atoms with E-state index >= 15 is 0 Å². The predicted octanol–water partition coefficient (Wildman–Crippen LogP) is 1.89. The van der Waals surface area contributed by atoms with Crippen LogP contribution in [0.25, 0.3) is 0 Å². The van der Waals surface area contributed by atoms with Gasteiger partial charge in [-0.15, -0.1) is 0 Å². The summed E-state index contributed by atoms with van der Waals surface area (Å²) in [6.45, 7) is 3.57. The molecule has 1 aromatic carbocycles. The zero-order valence-corrected chi connectivity index (χ0v) is 10.8. The second-order valence-corrected chi connectivity index (χ2v) is 3.89. The smallest absolute Gasteiger partial charge is 0.131 e. The normalized spacial score (nSPS) is 12.4. The van der Waals surface area contributed by atoms with E-state index in [1.807, 2.05) is 0 Å². The lowest BCUT2D eigenvalue weighted by atomic mass is 10.1. The van der Waals surface area contributed by atoms with Crippen molar-refractivity contribution < 1.29 is 18.6 Å². The molecule has 0 aliphatic heterocycles. The Morgan fingerprint density at radius 3 is 2.61 bits per heavy atom. The van der Waals surface area contributed by atoms with Crippen LogP contribution in [-0.4, -0.2) is 33.5 Å². The molecule has 18 heavy (non-hydrogen) atoms. The van der Waals surface area contributed by atoms with E-state index < -0.39 is 6.04 Å². The van der Waals surface area contributed by atoms with Gasteiger partial charge in [-0.25, -0.2) is 4.39 Å². The lowest BCUT2D eigenvalue weighted by molar-refractivity contribution is 0.0541. The molecule has 1 aromatic rings. The van der Waals surface area contributed by atoms with Crippen molar-refractivity contribution in [3.05, 3.63) is 29.6 Å². The van der Waals surface area contributed by atoms with E-state index in [-0.39, 0.29) is 5.82 Å². The average Bonchev–Trinajstić information content (AvgIpc) is 2.33. The van der Waals surface area contributed by atoms with Gasteiger partial charge in [-0.2, -0.15) is 0 Å². The molecule has 0 aliphatic rings. The average molecular weight is 257 g/mol. The maximum absolute atomic E-state index is 13.6. The molecular formula is C13H20FNO3. The van der Waals surface area contributed by atoms with E-state index in [2.05, 4.69) is 0 Å². The summed E-state index contributed by atoms with van der Waals surface area (Å²) in [5.41, 5.74) is 6.12. The molecule has 0 bridgehead atoms. The van der Waals surface area contributed by atoms with Gasteiger partial charge in [0.1, 0.15) is 18.2 Å². The van der Waals surface area contributed by atoms with Crippen LogP contribution in [0.15, 0.2) is 18.2 Å². The van der Waals surface area contributed by atoms with Gasteiger partial charge >= 0.3 is 0 Å². The zero-order valence-electron chi connectivity index (χ0n) is 10.8. The third-order valence-electron chi connectivity index (χ3n) is 2.39. The third-order valence-corrected chi connectivity index (χ3v) is 2.39.